The van der Waals surface area contributed by atoms with Crippen LogP contribution in [0.3, 0.4) is 0 Å². The van der Waals surface area contributed by atoms with Crippen LogP contribution in [0.25, 0.3) is 11.3 Å². The molecule has 0 radical (unpaired) electrons. The minimum Gasteiger partial charge on any atom is -0.481 e. The maximum Gasteiger partial charge on any atom is 0.223 e. The van der Waals surface area contributed by atoms with Crippen molar-refractivity contribution in [3.8, 4) is 17.1 Å². The van der Waals surface area contributed by atoms with E-state index in [2.05, 4.69) is 16.0 Å². The predicted molar refractivity (Wildman–Crippen MR) is 68.0 cm³/mol. The Morgan fingerprint density at radius 1 is 1.29 bits per heavy atom. The van der Waals surface area contributed by atoms with Gasteiger partial charge in [-0.25, -0.2) is 4.98 Å². The Kier molecular flexibility index (Phi) is 2.40. The van der Waals surface area contributed by atoms with Gasteiger partial charge in [0.05, 0.1) is 18.4 Å². The van der Waals surface area contributed by atoms with Gasteiger partial charge in [0, 0.05) is 16.2 Å². The molecule has 1 aromatic heterocycles. The number of methoxy groups -OCH3 is 1. The highest BCUT2D eigenvalue weighted by molar-refractivity contribution is 7.98. The quantitative estimate of drug-likeness (QED) is 0.835. The van der Waals surface area contributed by atoms with Gasteiger partial charge in [0.1, 0.15) is 0 Å². The lowest BCUT2D eigenvalue weighted by Gasteiger charge is -2.19. The summed E-state index contributed by atoms with van der Waals surface area (Å²) in [5, 5.41) is 0. The van der Waals surface area contributed by atoms with Gasteiger partial charge in [-0.2, -0.15) is 4.98 Å². The zero-order chi connectivity index (χ0) is 11.8. The Bertz CT molecular complexity index is 586. The van der Waals surface area contributed by atoms with E-state index >= 15 is 0 Å². The van der Waals surface area contributed by atoms with Crippen LogP contribution in [0.5, 0.6) is 5.88 Å². The van der Waals surface area contributed by atoms with Crippen LogP contribution in [0, 0.1) is 0 Å². The molecule has 4 nitrogen and oxygen atoms in total. The molecule has 86 valence electrons. The fourth-order valence-corrected chi connectivity index (χ4v) is 2.99. The fourth-order valence-electron chi connectivity index (χ4n) is 1.94. The van der Waals surface area contributed by atoms with Crippen molar-refractivity contribution in [2.75, 3.05) is 12.8 Å². The Labute approximate surface area is 103 Å². The van der Waals surface area contributed by atoms with Crippen molar-refractivity contribution in [2.45, 2.75) is 10.6 Å². The van der Waals surface area contributed by atoms with E-state index in [4.69, 9.17) is 10.5 Å². The SMILES string of the molecule is COc1nc(N)nc2c1CSc1ccccc1-2. The number of aromatic nitrogens is 2. The molecule has 3 rings (SSSR count). The highest BCUT2D eigenvalue weighted by Crippen LogP contribution is 2.43. The molecule has 0 atom stereocenters. The van der Waals surface area contributed by atoms with Crippen LogP contribution in [-0.2, 0) is 5.75 Å². The van der Waals surface area contributed by atoms with Crippen LogP contribution in [0.15, 0.2) is 29.2 Å². The minimum atomic E-state index is 0.252. The maximum atomic E-state index is 5.71. The molecule has 1 aromatic carbocycles. The van der Waals surface area contributed by atoms with Crippen molar-refractivity contribution in [1.29, 1.82) is 0 Å². The van der Waals surface area contributed by atoms with Crippen LogP contribution >= 0.6 is 11.8 Å². The number of hydrogen-bond acceptors (Lipinski definition) is 5. The van der Waals surface area contributed by atoms with Crippen molar-refractivity contribution in [1.82, 2.24) is 9.97 Å². The number of thioether (sulfide) groups is 1. The number of hydrogen-bond donors (Lipinski definition) is 1. The molecular weight excluding hydrogens is 234 g/mol. The van der Waals surface area contributed by atoms with E-state index in [1.54, 1.807) is 18.9 Å². The van der Waals surface area contributed by atoms with Crippen molar-refractivity contribution in [2.24, 2.45) is 0 Å². The summed E-state index contributed by atoms with van der Waals surface area (Å²) in [5.74, 6) is 1.65. The number of nitrogen functional groups attached to an aromatic ring is 1. The molecule has 0 saturated heterocycles. The van der Waals surface area contributed by atoms with Crippen LogP contribution < -0.4 is 10.5 Å². The van der Waals surface area contributed by atoms with Crippen molar-refractivity contribution in [3.63, 3.8) is 0 Å². The normalized spacial score (nSPS) is 12.8. The lowest BCUT2D eigenvalue weighted by atomic mass is 10.1. The number of nitrogens with two attached hydrogens (primary N) is 1. The third kappa shape index (κ3) is 1.63. The van der Waals surface area contributed by atoms with Gasteiger partial charge in [0.25, 0.3) is 0 Å². The summed E-state index contributed by atoms with van der Waals surface area (Å²) in [6.45, 7) is 0. The molecule has 0 bridgehead atoms. The molecule has 0 unspecified atom stereocenters. The number of anilines is 1. The first-order chi connectivity index (χ1) is 8.29. The lowest BCUT2D eigenvalue weighted by Crippen LogP contribution is -2.07. The zero-order valence-corrected chi connectivity index (χ0v) is 10.1. The van der Waals surface area contributed by atoms with Gasteiger partial charge < -0.3 is 10.5 Å². The number of fused-ring (bicyclic) bond motifs is 3. The molecule has 5 heteroatoms. The van der Waals surface area contributed by atoms with E-state index in [0.29, 0.717) is 5.88 Å². The number of ether oxygens (including phenoxy) is 1. The van der Waals surface area contributed by atoms with Crippen molar-refractivity contribution in [3.05, 3.63) is 29.8 Å². The van der Waals surface area contributed by atoms with E-state index < -0.39 is 0 Å². The largest absolute Gasteiger partial charge is 0.481 e. The number of rotatable bonds is 1. The maximum absolute atomic E-state index is 5.71. The molecule has 2 N–H and O–H groups in total. The van der Waals surface area contributed by atoms with E-state index in [1.807, 2.05) is 18.2 Å². The molecule has 0 aliphatic carbocycles. The summed E-state index contributed by atoms with van der Waals surface area (Å²) >= 11 is 1.77. The molecule has 0 saturated carbocycles. The minimum absolute atomic E-state index is 0.252. The Morgan fingerprint density at radius 2 is 2.12 bits per heavy atom. The van der Waals surface area contributed by atoms with E-state index in [0.717, 1.165) is 22.6 Å². The summed E-state index contributed by atoms with van der Waals surface area (Å²) in [6.07, 6.45) is 0. The first-order valence-electron chi connectivity index (χ1n) is 5.22. The van der Waals surface area contributed by atoms with E-state index in [1.165, 1.54) is 4.90 Å². The molecule has 2 heterocycles. The molecule has 2 aromatic rings. The van der Waals surface area contributed by atoms with Crippen LogP contribution in [0.1, 0.15) is 5.56 Å². The van der Waals surface area contributed by atoms with Crippen LogP contribution in [0.2, 0.25) is 0 Å². The van der Waals surface area contributed by atoms with Crippen molar-refractivity contribution >= 4 is 17.7 Å². The second kappa shape index (κ2) is 3.92. The Hall–Kier alpha value is -1.75. The van der Waals surface area contributed by atoms with Gasteiger partial charge in [-0.3, -0.25) is 0 Å². The monoisotopic (exact) mass is 245 g/mol. The Morgan fingerprint density at radius 3 is 2.94 bits per heavy atom. The summed E-state index contributed by atoms with van der Waals surface area (Å²) in [6, 6.07) is 8.16. The van der Waals surface area contributed by atoms with Gasteiger partial charge in [-0.05, 0) is 6.07 Å². The highest BCUT2D eigenvalue weighted by Gasteiger charge is 2.22. The fraction of sp³-hybridized carbons (Fsp3) is 0.167. The van der Waals surface area contributed by atoms with E-state index in [-0.39, 0.29) is 5.95 Å². The average molecular weight is 245 g/mol. The van der Waals surface area contributed by atoms with Crippen LogP contribution in [0.4, 0.5) is 5.95 Å². The number of nitrogens with zero attached hydrogens (tertiary/aromatic N) is 2. The molecule has 0 fully saturated rings. The second-order valence-corrected chi connectivity index (χ2v) is 4.72. The second-order valence-electron chi connectivity index (χ2n) is 3.70. The molecule has 1 aliphatic heterocycles. The van der Waals surface area contributed by atoms with Crippen LogP contribution in [-0.4, -0.2) is 17.1 Å². The summed E-state index contributed by atoms with van der Waals surface area (Å²) < 4.78 is 5.26. The van der Waals surface area contributed by atoms with Gasteiger partial charge in [0.15, 0.2) is 0 Å². The summed E-state index contributed by atoms with van der Waals surface area (Å²) in [5.41, 5.74) is 8.72. The van der Waals surface area contributed by atoms with Gasteiger partial charge in [-0.15, -0.1) is 11.8 Å². The standard InChI is InChI=1S/C12H11N3OS/c1-16-11-8-6-17-9-5-3-2-4-7(9)10(8)14-12(13)15-11/h2-5H,6H2,1H3,(H2,13,14,15). The number of benzene rings is 1. The van der Waals surface area contributed by atoms with Gasteiger partial charge in [-0.1, -0.05) is 18.2 Å². The van der Waals surface area contributed by atoms with Gasteiger partial charge >= 0.3 is 0 Å². The lowest BCUT2D eigenvalue weighted by molar-refractivity contribution is 0.394. The van der Waals surface area contributed by atoms with Gasteiger partial charge in [0.2, 0.25) is 11.8 Å². The van der Waals surface area contributed by atoms with E-state index in [9.17, 15) is 0 Å². The summed E-state index contributed by atoms with van der Waals surface area (Å²) in [4.78, 5) is 9.67. The smallest absolute Gasteiger partial charge is 0.223 e. The molecule has 1 aliphatic rings. The molecular formula is C12H11N3OS. The first kappa shape index (κ1) is 10.4. The molecule has 0 spiro atoms. The van der Waals surface area contributed by atoms with Crippen molar-refractivity contribution < 1.29 is 4.74 Å². The Balaban J connectivity index is 2.28. The topological polar surface area (TPSA) is 61.0 Å². The third-order valence-electron chi connectivity index (χ3n) is 2.69. The third-order valence-corrected chi connectivity index (χ3v) is 3.79. The molecule has 0 amide bonds. The molecule has 17 heavy (non-hydrogen) atoms. The predicted octanol–water partition coefficient (Wildman–Crippen LogP) is 2.34. The summed E-state index contributed by atoms with van der Waals surface area (Å²) in [7, 11) is 1.60. The zero-order valence-electron chi connectivity index (χ0n) is 9.30. The first-order valence-corrected chi connectivity index (χ1v) is 6.20. The highest BCUT2D eigenvalue weighted by atomic mass is 32.2. The average Bonchev–Trinajstić information content (AvgIpc) is 2.37.